The number of carbonyl (C=O) groups excluding carboxylic acids is 2. The van der Waals surface area contributed by atoms with Crippen molar-refractivity contribution in [3.8, 4) is 0 Å². The molecule has 0 aromatic carbocycles. The molecule has 142 valence electrons. The van der Waals surface area contributed by atoms with E-state index in [1.165, 1.54) is 16.2 Å². The normalized spacial score (nSPS) is 17.2. The number of Topliss-reactive ketones (excluding diaryl/α,β-unsaturated/α-hetero) is 1. The molecule has 7 heteroatoms. The third-order valence-electron chi connectivity index (χ3n) is 4.26. The summed E-state index contributed by atoms with van der Waals surface area (Å²) < 4.78 is 5.54. The molecule has 1 atom stereocenters. The molecule has 1 amide bonds. The van der Waals surface area contributed by atoms with Gasteiger partial charge in [-0.2, -0.15) is 0 Å². The molecular weight excluding hydrogens is 364 g/mol. The summed E-state index contributed by atoms with van der Waals surface area (Å²) in [5.41, 5.74) is 0.644. The molecule has 0 radical (unpaired) electrons. The molecule has 6 nitrogen and oxygen atoms in total. The van der Waals surface area contributed by atoms with E-state index in [9.17, 15) is 14.7 Å². The van der Waals surface area contributed by atoms with Crippen molar-refractivity contribution in [3.05, 3.63) is 63.8 Å². The third-order valence-corrected chi connectivity index (χ3v) is 5.12. The van der Waals surface area contributed by atoms with Crippen molar-refractivity contribution in [1.82, 2.24) is 9.88 Å². The summed E-state index contributed by atoms with van der Waals surface area (Å²) in [6.07, 6.45) is 2.32. The summed E-state index contributed by atoms with van der Waals surface area (Å²) in [5.74, 6) is -1.38. The molecule has 3 heterocycles. The maximum atomic E-state index is 13.0. The number of amides is 1. The van der Waals surface area contributed by atoms with Crippen LogP contribution in [0.1, 0.15) is 41.7 Å². The van der Waals surface area contributed by atoms with E-state index in [-0.39, 0.29) is 17.5 Å². The Morgan fingerprint density at radius 1 is 1.33 bits per heavy atom. The zero-order valence-electron chi connectivity index (χ0n) is 15.3. The number of aliphatic hydroxyl groups is 1. The fraction of sp³-hybridized carbons (Fsp3) is 0.350. The van der Waals surface area contributed by atoms with Crippen LogP contribution in [0.25, 0.3) is 0 Å². The monoisotopic (exact) mass is 386 g/mol. The van der Waals surface area contributed by atoms with Gasteiger partial charge in [0.25, 0.3) is 5.91 Å². The molecule has 0 saturated heterocycles. The molecule has 0 spiro atoms. The van der Waals surface area contributed by atoms with Crippen LogP contribution in [0, 0.1) is 0 Å². The fourth-order valence-corrected chi connectivity index (χ4v) is 3.73. The minimum Gasteiger partial charge on any atom is -0.503 e. The Hall–Kier alpha value is -2.51. The van der Waals surface area contributed by atoms with Gasteiger partial charge in [-0.3, -0.25) is 14.6 Å². The highest BCUT2D eigenvalue weighted by molar-refractivity contribution is 7.12. The maximum absolute atomic E-state index is 13.0. The minimum absolute atomic E-state index is 0.0888. The van der Waals surface area contributed by atoms with Crippen LogP contribution in [0.5, 0.6) is 0 Å². The summed E-state index contributed by atoms with van der Waals surface area (Å²) in [7, 11) is 0. The molecule has 1 aliphatic heterocycles. The lowest BCUT2D eigenvalue weighted by Crippen LogP contribution is -2.33. The van der Waals surface area contributed by atoms with Gasteiger partial charge in [-0.05, 0) is 43.8 Å². The average Bonchev–Trinajstić information content (AvgIpc) is 3.28. The number of ketones is 1. The zero-order valence-corrected chi connectivity index (χ0v) is 16.1. The van der Waals surface area contributed by atoms with Gasteiger partial charge in [0.1, 0.15) is 6.04 Å². The van der Waals surface area contributed by atoms with Gasteiger partial charge in [0.15, 0.2) is 5.76 Å². The zero-order chi connectivity index (χ0) is 19.4. The van der Waals surface area contributed by atoms with Gasteiger partial charge >= 0.3 is 0 Å². The van der Waals surface area contributed by atoms with Crippen LogP contribution in [0.4, 0.5) is 0 Å². The molecule has 0 aliphatic carbocycles. The smallest absolute Gasteiger partial charge is 0.290 e. The molecule has 0 saturated carbocycles. The number of aromatic nitrogens is 1. The van der Waals surface area contributed by atoms with E-state index in [1.807, 2.05) is 13.8 Å². The van der Waals surface area contributed by atoms with Crippen molar-refractivity contribution >= 4 is 23.0 Å². The molecule has 0 unspecified atom stereocenters. The van der Waals surface area contributed by atoms with Crippen molar-refractivity contribution in [2.75, 3.05) is 13.2 Å². The van der Waals surface area contributed by atoms with Crippen LogP contribution in [0.15, 0.2) is 53.2 Å². The summed E-state index contributed by atoms with van der Waals surface area (Å²) in [5, 5.41) is 12.3. The summed E-state index contributed by atoms with van der Waals surface area (Å²) >= 11 is 1.28. The first-order valence-electron chi connectivity index (χ1n) is 8.85. The quantitative estimate of drug-likeness (QED) is 0.554. The van der Waals surface area contributed by atoms with Crippen molar-refractivity contribution < 1.29 is 19.4 Å². The first-order chi connectivity index (χ1) is 13.0. The lowest BCUT2D eigenvalue weighted by molar-refractivity contribution is -0.129. The first kappa shape index (κ1) is 19.3. The fourth-order valence-electron chi connectivity index (χ4n) is 3.06. The Morgan fingerprint density at radius 3 is 2.78 bits per heavy atom. The Labute approximate surface area is 162 Å². The lowest BCUT2D eigenvalue weighted by atomic mass is 9.99. The van der Waals surface area contributed by atoms with Crippen molar-refractivity contribution in [2.45, 2.75) is 32.4 Å². The van der Waals surface area contributed by atoms with E-state index in [0.717, 1.165) is 0 Å². The van der Waals surface area contributed by atoms with Crippen LogP contribution in [-0.4, -0.2) is 45.9 Å². The molecule has 0 fully saturated rings. The Kier molecular flexibility index (Phi) is 6.03. The van der Waals surface area contributed by atoms with Gasteiger partial charge in [0.05, 0.1) is 22.2 Å². The summed E-state index contributed by atoms with van der Waals surface area (Å²) in [6, 6.07) is 8.08. The van der Waals surface area contributed by atoms with Crippen LogP contribution < -0.4 is 0 Å². The maximum Gasteiger partial charge on any atom is 0.290 e. The molecular formula is C20H22N2O4S. The van der Waals surface area contributed by atoms with E-state index >= 15 is 0 Å². The lowest BCUT2D eigenvalue weighted by Gasteiger charge is -2.26. The summed E-state index contributed by atoms with van der Waals surface area (Å²) in [4.78, 5) is 32.0. The van der Waals surface area contributed by atoms with Crippen LogP contribution >= 0.6 is 11.3 Å². The number of aliphatic hydroxyl groups excluding tert-OH is 1. The molecule has 1 N–H and O–H groups in total. The largest absolute Gasteiger partial charge is 0.503 e. The van der Waals surface area contributed by atoms with Gasteiger partial charge in [-0.1, -0.05) is 12.1 Å². The third kappa shape index (κ3) is 4.09. The number of rotatable bonds is 8. The van der Waals surface area contributed by atoms with E-state index in [2.05, 4.69) is 4.98 Å². The molecule has 0 bridgehead atoms. The van der Waals surface area contributed by atoms with Gasteiger partial charge in [-0.25, -0.2) is 0 Å². The minimum atomic E-state index is -0.702. The van der Waals surface area contributed by atoms with Crippen molar-refractivity contribution in [1.29, 1.82) is 0 Å². The highest BCUT2D eigenvalue weighted by Crippen LogP contribution is 2.38. The Balaban J connectivity index is 1.91. The van der Waals surface area contributed by atoms with Crippen LogP contribution in [0.2, 0.25) is 0 Å². The Bertz CT molecular complexity index is 831. The van der Waals surface area contributed by atoms with E-state index in [4.69, 9.17) is 4.74 Å². The topological polar surface area (TPSA) is 79.7 Å². The average molecular weight is 386 g/mol. The second-order valence-electron chi connectivity index (χ2n) is 6.50. The number of thiophene rings is 1. The van der Waals surface area contributed by atoms with E-state index in [1.54, 1.807) is 41.9 Å². The van der Waals surface area contributed by atoms with Gasteiger partial charge < -0.3 is 14.7 Å². The molecule has 2 aromatic rings. The second kappa shape index (κ2) is 8.45. The SMILES string of the molecule is CC(C)OCCCN1C(=O)C(O)=C(C(=O)c2cccs2)[C@@H]1c1ccccn1. The molecule has 1 aliphatic rings. The van der Waals surface area contributed by atoms with E-state index in [0.29, 0.717) is 30.1 Å². The molecule has 27 heavy (non-hydrogen) atoms. The van der Waals surface area contributed by atoms with Crippen LogP contribution in [-0.2, 0) is 9.53 Å². The number of nitrogens with zero attached hydrogens (tertiary/aromatic N) is 2. The highest BCUT2D eigenvalue weighted by atomic mass is 32.1. The second-order valence-corrected chi connectivity index (χ2v) is 7.45. The molecule has 3 rings (SSSR count). The highest BCUT2D eigenvalue weighted by Gasteiger charge is 2.44. The number of hydrogen-bond donors (Lipinski definition) is 1. The first-order valence-corrected chi connectivity index (χ1v) is 9.73. The van der Waals surface area contributed by atoms with E-state index < -0.39 is 17.7 Å². The van der Waals surface area contributed by atoms with Crippen molar-refractivity contribution in [2.24, 2.45) is 0 Å². The van der Waals surface area contributed by atoms with Crippen molar-refractivity contribution in [3.63, 3.8) is 0 Å². The van der Waals surface area contributed by atoms with Gasteiger partial charge in [-0.15, -0.1) is 11.3 Å². The predicted molar refractivity (Wildman–Crippen MR) is 103 cm³/mol. The van der Waals surface area contributed by atoms with Crippen LogP contribution in [0.3, 0.4) is 0 Å². The Morgan fingerprint density at radius 2 is 2.15 bits per heavy atom. The van der Waals surface area contributed by atoms with Gasteiger partial charge in [0, 0.05) is 19.3 Å². The molecule has 2 aromatic heterocycles. The summed E-state index contributed by atoms with van der Waals surface area (Å²) in [6.45, 7) is 4.75. The standard InChI is InChI=1S/C20H22N2O4S/c1-13(2)26-11-6-10-22-17(14-7-3-4-9-21-14)16(19(24)20(22)25)18(23)15-8-5-12-27-15/h3-5,7-9,12-13,17,24H,6,10-11H2,1-2H3/t17-/m0/s1. The predicted octanol–water partition coefficient (Wildman–Crippen LogP) is 3.54. The number of ether oxygens (including phenoxy) is 1. The number of pyridine rings is 1. The van der Waals surface area contributed by atoms with Gasteiger partial charge in [0.2, 0.25) is 5.78 Å². The number of carbonyl (C=O) groups is 2. The number of hydrogen-bond acceptors (Lipinski definition) is 6.